The van der Waals surface area contributed by atoms with E-state index in [-0.39, 0.29) is 0 Å². The van der Waals surface area contributed by atoms with E-state index in [1.54, 1.807) is 0 Å². The van der Waals surface area contributed by atoms with Gasteiger partial charge in [-0.05, 0) is 23.1 Å². The zero-order valence-electron chi connectivity index (χ0n) is 12.4. The first-order valence-corrected chi connectivity index (χ1v) is 7.94. The van der Waals surface area contributed by atoms with Gasteiger partial charge < -0.3 is 4.57 Å². The third kappa shape index (κ3) is 1.83. The summed E-state index contributed by atoms with van der Waals surface area (Å²) in [4.78, 5) is 6.19. The Labute approximate surface area is 129 Å². The first-order valence-electron chi connectivity index (χ1n) is 7.94. The van der Waals surface area contributed by atoms with Crippen LogP contribution >= 0.6 is 0 Å². The summed E-state index contributed by atoms with van der Waals surface area (Å²) in [5.74, 6) is 0. The van der Waals surface area contributed by atoms with Crippen LogP contribution in [-0.4, -0.2) is 15.7 Å². The lowest BCUT2D eigenvalue weighted by atomic mass is 10.0. The molecule has 1 aromatic heterocycles. The number of hydrogen-bond donors (Lipinski definition) is 0. The second-order valence-electron chi connectivity index (χ2n) is 6.28. The Morgan fingerprint density at radius 2 is 1.82 bits per heavy atom. The second-order valence-corrected chi connectivity index (χ2v) is 6.28. The van der Waals surface area contributed by atoms with E-state index in [9.17, 15) is 0 Å². The van der Waals surface area contributed by atoms with Crippen molar-refractivity contribution in [1.29, 1.82) is 0 Å². The standard InChI is InChI=1S/C19H18N2O/c1-2-6-14(7-3-1)12-21-19-11-16(22-21)13-20-17-9-5-4-8-15(17)10-18(19)20/h1-10,16,19H,11-13H2/t16-,19+/m1/s1. The molecule has 3 aromatic rings. The zero-order chi connectivity index (χ0) is 14.5. The van der Waals surface area contributed by atoms with Crippen molar-refractivity contribution >= 4 is 10.9 Å². The summed E-state index contributed by atoms with van der Waals surface area (Å²) in [6.07, 6.45) is 1.40. The van der Waals surface area contributed by atoms with Crippen LogP contribution < -0.4 is 0 Å². The average Bonchev–Trinajstić information content (AvgIpc) is 3.09. The summed E-state index contributed by atoms with van der Waals surface area (Å²) in [6.45, 7) is 1.81. The van der Waals surface area contributed by atoms with Crippen LogP contribution in [0.25, 0.3) is 10.9 Å². The molecule has 0 unspecified atom stereocenters. The number of nitrogens with zero attached hydrogens (tertiary/aromatic N) is 2. The Hall–Kier alpha value is -2.10. The monoisotopic (exact) mass is 290 g/mol. The van der Waals surface area contributed by atoms with Crippen LogP contribution in [-0.2, 0) is 17.9 Å². The van der Waals surface area contributed by atoms with E-state index >= 15 is 0 Å². The second kappa shape index (κ2) is 4.70. The molecule has 2 bridgehead atoms. The molecule has 1 fully saturated rings. The van der Waals surface area contributed by atoms with E-state index in [4.69, 9.17) is 4.84 Å². The lowest BCUT2D eigenvalue weighted by Gasteiger charge is -2.23. The molecule has 1 saturated heterocycles. The first-order chi connectivity index (χ1) is 10.9. The van der Waals surface area contributed by atoms with E-state index in [0.29, 0.717) is 12.1 Å². The van der Waals surface area contributed by atoms with Crippen LogP contribution in [0.3, 0.4) is 0 Å². The van der Waals surface area contributed by atoms with Gasteiger partial charge in [-0.2, -0.15) is 5.06 Å². The number of benzene rings is 2. The molecular weight excluding hydrogens is 272 g/mol. The van der Waals surface area contributed by atoms with Gasteiger partial charge in [-0.1, -0.05) is 48.5 Å². The first kappa shape index (κ1) is 12.4. The van der Waals surface area contributed by atoms with E-state index in [0.717, 1.165) is 19.5 Å². The van der Waals surface area contributed by atoms with Crippen LogP contribution in [0.5, 0.6) is 0 Å². The van der Waals surface area contributed by atoms with Gasteiger partial charge in [0.05, 0.1) is 18.7 Å². The highest BCUT2D eigenvalue weighted by atomic mass is 16.7. The fourth-order valence-electron chi connectivity index (χ4n) is 3.88. The van der Waals surface area contributed by atoms with Gasteiger partial charge in [-0.25, -0.2) is 0 Å². The van der Waals surface area contributed by atoms with Crippen molar-refractivity contribution in [1.82, 2.24) is 9.63 Å². The van der Waals surface area contributed by atoms with Crippen molar-refractivity contribution in [2.45, 2.75) is 31.7 Å². The van der Waals surface area contributed by atoms with Crippen molar-refractivity contribution in [3.63, 3.8) is 0 Å². The molecule has 0 radical (unpaired) electrons. The molecule has 3 heterocycles. The quantitative estimate of drug-likeness (QED) is 0.712. The fraction of sp³-hybridized carbons (Fsp3) is 0.263. The maximum Gasteiger partial charge on any atom is 0.0991 e. The van der Waals surface area contributed by atoms with Gasteiger partial charge in [0.1, 0.15) is 0 Å². The maximum absolute atomic E-state index is 6.19. The largest absolute Gasteiger partial charge is 0.340 e. The number of rotatable bonds is 2. The molecule has 22 heavy (non-hydrogen) atoms. The summed E-state index contributed by atoms with van der Waals surface area (Å²) < 4.78 is 2.44. The molecule has 0 N–H and O–H groups in total. The number of fused-ring (bicyclic) bond motifs is 6. The number of hydroxylamine groups is 2. The fourth-order valence-corrected chi connectivity index (χ4v) is 3.88. The smallest absolute Gasteiger partial charge is 0.0991 e. The van der Waals surface area contributed by atoms with Crippen LogP contribution in [0.2, 0.25) is 0 Å². The van der Waals surface area contributed by atoms with Crippen LogP contribution in [0.15, 0.2) is 60.7 Å². The molecule has 0 saturated carbocycles. The topological polar surface area (TPSA) is 17.4 Å². The summed E-state index contributed by atoms with van der Waals surface area (Å²) in [5, 5.41) is 3.52. The highest BCUT2D eigenvalue weighted by Crippen LogP contribution is 2.42. The van der Waals surface area contributed by atoms with Crippen molar-refractivity contribution in [2.24, 2.45) is 0 Å². The van der Waals surface area contributed by atoms with Crippen LogP contribution in [0.1, 0.15) is 23.7 Å². The summed E-state index contributed by atoms with van der Waals surface area (Å²) >= 11 is 0. The SMILES string of the molecule is c1ccc(CN2O[C@@H]3C[C@H]2c2cc4ccccc4n2C3)cc1. The Kier molecular flexibility index (Phi) is 2.66. The number of aromatic nitrogens is 1. The third-order valence-corrected chi connectivity index (χ3v) is 4.87. The third-order valence-electron chi connectivity index (χ3n) is 4.87. The van der Waals surface area contributed by atoms with E-state index < -0.39 is 0 Å². The Morgan fingerprint density at radius 1 is 1.00 bits per heavy atom. The molecule has 2 aliphatic heterocycles. The van der Waals surface area contributed by atoms with Crippen LogP contribution in [0.4, 0.5) is 0 Å². The van der Waals surface area contributed by atoms with E-state index in [2.05, 4.69) is 70.3 Å². The van der Waals surface area contributed by atoms with E-state index in [1.807, 2.05) is 0 Å². The minimum absolute atomic E-state index is 0.303. The summed E-state index contributed by atoms with van der Waals surface area (Å²) in [6, 6.07) is 21.9. The number of hydrogen-bond acceptors (Lipinski definition) is 2. The van der Waals surface area contributed by atoms with Crippen molar-refractivity contribution < 1.29 is 4.84 Å². The Bertz CT molecular complexity index is 824. The molecule has 0 aliphatic carbocycles. The lowest BCUT2D eigenvalue weighted by molar-refractivity contribution is -0.167. The van der Waals surface area contributed by atoms with Crippen molar-refractivity contribution in [3.8, 4) is 0 Å². The van der Waals surface area contributed by atoms with Crippen molar-refractivity contribution in [2.75, 3.05) is 0 Å². The lowest BCUT2D eigenvalue weighted by Crippen LogP contribution is -2.23. The maximum atomic E-state index is 6.19. The zero-order valence-corrected chi connectivity index (χ0v) is 12.4. The molecule has 3 nitrogen and oxygen atoms in total. The Balaban J connectivity index is 1.54. The molecular formula is C19H18N2O. The highest BCUT2D eigenvalue weighted by molar-refractivity contribution is 5.81. The molecule has 2 atom stereocenters. The van der Waals surface area contributed by atoms with Gasteiger partial charge in [0.15, 0.2) is 0 Å². The molecule has 5 rings (SSSR count). The minimum atomic E-state index is 0.303. The van der Waals surface area contributed by atoms with Crippen LogP contribution in [0, 0.1) is 0 Å². The Morgan fingerprint density at radius 3 is 2.73 bits per heavy atom. The number of para-hydroxylation sites is 1. The molecule has 0 spiro atoms. The molecule has 2 aromatic carbocycles. The predicted molar refractivity (Wildman–Crippen MR) is 86.2 cm³/mol. The van der Waals surface area contributed by atoms with Gasteiger partial charge in [0.2, 0.25) is 0 Å². The predicted octanol–water partition coefficient (Wildman–Crippen LogP) is 3.90. The average molecular weight is 290 g/mol. The van der Waals surface area contributed by atoms with E-state index in [1.165, 1.54) is 22.2 Å². The summed E-state index contributed by atoms with van der Waals surface area (Å²) in [5.41, 5.74) is 4.03. The molecule has 3 heteroatoms. The normalized spacial score (nSPS) is 23.8. The van der Waals surface area contributed by atoms with Gasteiger partial charge in [-0.3, -0.25) is 4.84 Å². The molecule has 2 aliphatic rings. The van der Waals surface area contributed by atoms with Gasteiger partial charge in [0.25, 0.3) is 0 Å². The van der Waals surface area contributed by atoms with Gasteiger partial charge in [-0.15, -0.1) is 0 Å². The highest BCUT2D eigenvalue weighted by Gasteiger charge is 2.40. The summed E-state index contributed by atoms with van der Waals surface area (Å²) in [7, 11) is 0. The van der Waals surface area contributed by atoms with Crippen molar-refractivity contribution in [3.05, 3.63) is 71.9 Å². The minimum Gasteiger partial charge on any atom is -0.340 e. The molecule has 0 amide bonds. The van der Waals surface area contributed by atoms with Gasteiger partial charge >= 0.3 is 0 Å². The molecule has 110 valence electrons. The van der Waals surface area contributed by atoms with Gasteiger partial charge in [0, 0.05) is 24.2 Å².